The third kappa shape index (κ3) is 5.53. The molecule has 0 unspecified atom stereocenters. The lowest BCUT2D eigenvalue weighted by Gasteiger charge is -2.14. The van der Waals surface area contributed by atoms with E-state index < -0.39 is 33.6 Å². The number of hydrogen-bond donors (Lipinski definition) is 2. The van der Waals surface area contributed by atoms with Gasteiger partial charge in [0.2, 0.25) is 11.8 Å². The van der Waals surface area contributed by atoms with Crippen molar-refractivity contribution in [2.75, 3.05) is 6.26 Å². The molecule has 0 bridgehead atoms. The van der Waals surface area contributed by atoms with Gasteiger partial charge in [-0.25, -0.2) is 23.2 Å². The van der Waals surface area contributed by atoms with Crippen LogP contribution in [0.4, 0.5) is 18.0 Å². The monoisotopic (exact) mass is 534 g/mol. The highest BCUT2D eigenvalue weighted by Gasteiger charge is 2.35. The van der Waals surface area contributed by atoms with Crippen molar-refractivity contribution in [2.24, 2.45) is 5.73 Å². The first-order chi connectivity index (χ1) is 17.2. The minimum atomic E-state index is -4.89. The highest BCUT2D eigenvalue weighted by Crippen LogP contribution is 2.41. The number of carbonyl (C=O) groups excluding carboxylic acids is 1. The summed E-state index contributed by atoms with van der Waals surface area (Å²) in [5.74, 6) is -1.36. The number of carboxylic acid groups (broad SMARTS) is 1. The Morgan fingerprint density at radius 2 is 1.81 bits per heavy atom. The molecule has 0 saturated carbocycles. The van der Waals surface area contributed by atoms with Crippen molar-refractivity contribution in [3.05, 3.63) is 71.8 Å². The molecule has 0 saturated heterocycles. The van der Waals surface area contributed by atoms with Crippen LogP contribution in [0.3, 0.4) is 0 Å². The molecule has 2 heterocycles. The zero-order valence-corrected chi connectivity index (χ0v) is 19.7. The molecule has 0 radical (unpaired) electrons. The van der Waals surface area contributed by atoms with Crippen LogP contribution < -0.4 is 10.5 Å². The molecule has 192 valence electrons. The molecule has 0 aliphatic rings. The van der Waals surface area contributed by atoms with Gasteiger partial charge in [-0.05, 0) is 35.9 Å². The largest absolute Gasteiger partial charge is 0.464 e. The van der Waals surface area contributed by atoms with Gasteiger partial charge >= 0.3 is 12.3 Å². The summed E-state index contributed by atoms with van der Waals surface area (Å²) in [6.45, 7) is 0. The van der Waals surface area contributed by atoms with E-state index >= 15 is 0 Å². The number of aromatic nitrogens is 3. The molecule has 4 rings (SSSR count). The van der Waals surface area contributed by atoms with Gasteiger partial charge < -0.3 is 15.6 Å². The Hall–Kier alpha value is -4.46. The van der Waals surface area contributed by atoms with Crippen molar-refractivity contribution >= 4 is 32.7 Å². The maximum atomic E-state index is 13.9. The van der Waals surface area contributed by atoms with Gasteiger partial charge in [-0.2, -0.15) is 13.2 Å². The van der Waals surface area contributed by atoms with Gasteiger partial charge in [0.15, 0.2) is 9.84 Å². The predicted molar refractivity (Wildman–Crippen MR) is 125 cm³/mol. The second kappa shape index (κ2) is 9.20. The summed E-state index contributed by atoms with van der Waals surface area (Å²) >= 11 is 0. The summed E-state index contributed by atoms with van der Waals surface area (Å²) < 4.78 is 71.2. The third-order valence-electron chi connectivity index (χ3n) is 5.21. The molecule has 0 spiro atoms. The van der Waals surface area contributed by atoms with E-state index in [1.165, 1.54) is 24.3 Å². The molecule has 0 fully saturated rings. The second-order valence-corrected chi connectivity index (χ2v) is 10.2. The molecule has 10 nitrogen and oxygen atoms in total. The molecule has 37 heavy (non-hydrogen) atoms. The maximum Gasteiger partial charge on any atom is 0.417 e. The van der Waals surface area contributed by atoms with Crippen LogP contribution in [-0.2, 0) is 21.8 Å². The topological polar surface area (TPSA) is 154 Å². The number of ether oxygens (including phenoxy) is 1. The Morgan fingerprint density at radius 3 is 2.43 bits per heavy atom. The highest BCUT2D eigenvalue weighted by atomic mass is 32.2. The van der Waals surface area contributed by atoms with Crippen molar-refractivity contribution in [1.82, 2.24) is 14.5 Å². The van der Waals surface area contributed by atoms with Crippen LogP contribution in [0.15, 0.2) is 55.0 Å². The fourth-order valence-electron chi connectivity index (χ4n) is 3.71. The number of alkyl halides is 3. The normalized spacial score (nSPS) is 12.0. The number of primary amides is 1. The van der Waals surface area contributed by atoms with Gasteiger partial charge in [-0.3, -0.25) is 9.36 Å². The Morgan fingerprint density at radius 1 is 1.08 bits per heavy atom. The summed E-state index contributed by atoms with van der Waals surface area (Å²) in [4.78, 5) is 31.0. The molecule has 14 heteroatoms. The Balaban J connectivity index is 1.86. The van der Waals surface area contributed by atoms with Gasteiger partial charge in [-0.15, -0.1) is 0 Å². The lowest BCUT2D eigenvalue weighted by molar-refractivity contribution is -0.137. The van der Waals surface area contributed by atoms with Crippen LogP contribution in [0, 0.1) is 0 Å². The zero-order valence-electron chi connectivity index (χ0n) is 18.9. The van der Waals surface area contributed by atoms with Crippen LogP contribution in [-0.4, -0.2) is 46.3 Å². The molecule has 2 aromatic heterocycles. The summed E-state index contributed by atoms with van der Waals surface area (Å²) in [7, 11) is -3.39. The standard InChI is InChI=1S/C23H17F3N4O6S/c1-37(34,35)10-13-7-20(29-11-28-13)36-14-3-5-19-16(8-14)17(9-30(19)22(32)33)15-4-2-12(21(27)31)6-18(15)23(24,25)26/h2-9,11H,10H2,1H3,(H2,27,31)(H,32,33). The van der Waals surface area contributed by atoms with Crippen molar-refractivity contribution in [3.63, 3.8) is 0 Å². The average molecular weight is 534 g/mol. The highest BCUT2D eigenvalue weighted by molar-refractivity contribution is 7.89. The third-order valence-corrected chi connectivity index (χ3v) is 6.03. The summed E-state index contributed by atoms with van der Waals surface area (Å²) in [6, 6.07) is 8.09. The molecule has 3 N–H and O–H groups in total. The number of hydrogen-bond acceptors (Lipinski definition) is 7. The number of carbonyl (C=O) groups is 2. The van der Waals surface area contributed by atoms with E-state index in [9.17, 15) is 36.3 Å². The minimum absolute atomic E-state index is 0.0333. The van der Waals surface area contributed by atoms with Gasteiger partial charge in [0, 0.05) is 35.0 Å². The summed E-state index contributed by atoms with van der Waals surface area (Å²) in [6.07, 6.45) is -3.17. The number of nitrogens with two attached hydrogens (primary N) is 1. The van der Waals surface area contributed by atoms with Gasteiger partial charge in [0.25, 0.3) is 0 Å². The number of nitrogens with zero attached hydrogens (tertiary/aromatic N) is 3. The van der Waals surface area contributed by atoms with Gasteiger partial charge in [0.05, 0.1) is 22.5 Å². The van der Waals surface area contributed by atoms with Crippen molar-refractivity contribution < 1.29 is 41.0 Å². The Kier molecular flexibility index (Phi) is 6.37. The van der Waals surface area contributed by atoms with E-state index in [4.69, 9.17) is 10.5 Å². The molecule has 0 aliphatic heterocycles. The van der Waals surface area contributed by atoms with E-state index in [0.717, 1.165) is 35.5 Å². The molecule has 2 aromatic carbocycles. The number of amides is 1. The van der Waals surface area contributed by atoms with Crippen LogP contribution in [0.2, 0.25) is 0 Å². The van der Waals surface area contributed by atoms with E-state index in [2.05, 4.69) is 9.97 Å². The van der Waals surface area contributed by atoms with E-state index in [0.29, 0.717) is 6.07 Å². The number of halogens is 3. The van der Waals surface area contributed by atoms with Crippen molar-refractivity contribution in [2.45, 2.75) is 11.9 Å². The minimum Gasteiger partial charge on any atom is -0.464 e. The lowest BCUT2D eigenvalue weighted by Crippen LogP contribution is -2.14. The molecule has 1 amide bonds. The van der Waals surface area contributed by atoms with Crippen LogP contribution in [0.5, 0.6) is 11.6 Å². The fraction of sp³-hybridized carbons (Fsp3) is 0.130. The lowest BCUT2D eigenvalue weighted by atomic mass is 9.96. The Labute approximate surface area is 207 Å². The molecular formula is C23H17F3N4O6S. The molecule has 0 atom stereocenters. The van der Waals surface area contributed by atoms with E-state index in [-0.39, 0.29) is 50.7 Å². The number of rotatable bonds is 6. The Bertz CT molecular complexity index is 1670. The SMILES string of the molecule is CS(=O)(=O)Cc1cc(Oc2ccc3c(c2)c(-c2ccc(C(N)=O)cc2C(F)(F)F)cn3C(=O)O)ncn1. The first kappa shape index (κ1) is 25.6. The first-order valence-electron chi connectivity index (χ1n) is 10.3. The molecule has 4 aromatic rings. The predicted octanol–water partition coefficient (Wildman–Crippen LogP) is 4.08. The quantitative estimate of drug-likeness (QED) is 0.375. The van der Waals surface area contributed by atoms with Crippen LogP contribution >= 0.6 is 0 Å². The van der Waals surface area contributed by atoms with Crippen molar-refractivity contribution in [1.29, 1.82) is 0 Å². The zero-order chi connectivity index (χ0) is 27.1. The number of benzene rings is 2. The molecular weight excluding hydrogens is 517 g/mol. The van der Waals surface area contributed by atoms with Crippen molar-refractivity contribution in [3.8, 4) is 22.8 Å². The first-order valence-corrected chi connectivity index (χ1v) is 12.4. The van der Waals surface area contributed by atoms with E-state index in [1.807, 2.05) is 0 Å². The van der Waals surface area contributed by atoms with E-state index in [1.54, 1.807) is 0 Å². The number of fused-ring (bicyclic) bond motifs is 1. The van der Waals surface area contributed by atoms with Crippen LogP contribution in [0.25, 0.3) is 22.0 Å². The summed E-state index contributed by atoms with van der Waals surface area (Å²) in [5, 5.41) is 9.70. The number of sulfone groups is 1. The average Bonchev–Trinajstić information content (AvgIpc) is 3.16. The van der Waals surface area contributed by atoms with Gasteiger partial charge in [0.1, 0.15) is 12.1 Å². The summed E-state index contributed by atoms with van der Waals surface area (Å²) in [5.41, 5.74) is 3.36. The molecule has 0 aliphatic carbocycles. The van der Waals surface area contributed by atoms with Gasteiger partial charge in [-0.1, -0.05) is 6.07 Å². The van der Waals surface area contributed by atoms with Crippen LogP contribution in [0.1, 0.15) is 21.6 Å². The smallest absolute Gasteiger partial charge is 0.417 e. The maximum absolute atomic E-state index is 13.9. The fourth-order valence-corrected chi connectivity index (χ4v) is 4.41. The second-order valence-electron chi connectivity index (χ2n) is 8.02.